The van der Waals surface area contributed by atoms with Crippen LogP contribution >= 0.6 is 15.0 Å². The Morgan fingerprint density at radius 1 is 0.640 bits per heavy atom. The molecule has 0 fully saturated rings. The predicted octanol–water partition coefficient (Wildman–Crippen LogP) is 2.80. The molecule has 7 heteroatoms. The number of rotatable bonds is 5. The standard InChI is InChI=1S/C18H16O5P2/c19-24(15-9-3-1-4-10-15,16-11-5-2-6-12-16)23-17-13-7-8-14-18(17)25(20,21)22/h1-14H,(H2,20,21,22). The van der Waals surface area contributed by atoms with Crippen molar-refractivity contribution in [3.05, 3.63) is 84.9 Å². The predicted molar refractivity (Wildman–Crippen MR) is 98.5 cm³/mol. The minimum atomic E-state index is -4.57. The monoisotopic (exact) mass is 374 g/mol. The van der Waals surface area contributed by atoms with E-state index in [0.717, 1.165) is 0 Å². The normalized spacial score (nSPS) is 11.9. The smallest absolute Gasteiger partial charge is 0.359 e. The van der Waals surface area contributed by atoms with Gasteiger partial charge in [0.05, 0.1) is 10.6 Å². The molecule has 0 aromatic heterocycles. The minimum Gasteiger partial charge on any atom is -0.436 e. The van der Waals surface area contributed by atoms with Crippen LogP contribution in [-0.4, -0.2) is 9.79 Å². The highest BCUT2D eigenvalue weighted by Crippen LogP contribution is 2.47. The fraction of sp³-hybridized carbons (Fsp3) is 0. The van der Waals surface area contributed by atoms with Gasteiger partial charge < -0.3 is 14.3 Å². The maximum atomic E-state index is 13.8. The molecule has 0 amide bonds. The molecular weight excluding hydrogens is 358 g/mol. The lowest BCUT2D eigenvalue weighted by Crippen LogP contribution is -2.22. The third-order valence-electron chi connectivity index (χ3n) is 3.60. The first-order valence-electron chi connectivity index (χ1n) is 7.47. The van der Waals surface area contributed by atoms with Crippen LogP contribution < -0.4 is 20.4 Å². The highest BCUT2D eigenvalue weighted by Gasteiger charge is 2.33. The molecule has 0 aliphatic heterocycles. The molecule has 0 aliphatic rings. The lowest BCUT2D eigenvalue weighted by Gasteiger charge is -2.22. The van der Waals surface area contributed by atoms with E-state index >= 15 is 0 Å². The first kappa shape index (κ1) is 17.7. The molecule has 0 radical (unpaired) electrons. The molecule has 25 heavy (non-hydrogen) atoms. The van der Waals surface area contributed by atoms with Gasteiger partial charge in [0.1, 0.15) is 11.1 Å². The van der Waals surface area contributed by atoms with E-state index in [1.807, 2.05) is 0 Å². The molecule has 3 aromatic rings. The molecule has 0 unspecified atom stereocenters. The third kappa shape index (κ3) is 3.76. The summed E-state index contributed by atoms with van der Waals surface area (Å²) >= 11 is 0. The van der Waals surface area contributed by atoms with Crippen LogP contribution in [-0.2, 0) is 9.13 Å². The first-order valence-corrected chi connectivity index (χ1v) is 10.7. The second kappa shape index (κ2) is 6.99. The second-order valence-corrected chi connectivity index (χ2v) is 9.21. The molecule has 0 spiro atoms. The molecule has 0 heterocycles. The summed E-state index contributed by atoms with van der Waals surface area (Å²) in [5.41, 5.74) is 0. The van der Waals surface area contributed by atoms with Gasteiger partial charge in [-0.3, -0.25) is 9.13 Å². The molecule has 0 aliphatic carbocycles. The van der Waals surface area contributed by atoms with E-state index in [0.29, 0.717) is 10.6 Å². The van der Waals surface area contributed by atoms with Crippen molar-refractivity contribution < 1.29 is 23.4 Å². The zero-order valence-corrected chi connectivity index (χ0v) is 14.9. The van der Waals surface area contributed by atoms with E-state index in [1.54, 1.807) is 66.7 Å². The maximum Gasteiger partial charge on any atom is 0.359 e. The number of benzene rings is 3. The summed E-state index contributed by atoms with van der Waals surface area (Å²) in [6.07, 6.45) is 0. The summed E-state index contributed by atoms with van der Waals surface area (Å²) in [6.45, 7) is 0. The largest absolute Gasteiger partial charge is 0.436 e. The highest BCUT2D eigenvalue weighted by atomic mass is 31.2. The topological polar surface area (TPSA) is 83.8 Å². The van der Waals surface area contributed by atoms with Gasteiger partial charge in [-0.05, 0) is 36.4 Å². The van der Waals surface area contributed by atoms with Crippen molar-refractivity contribution in [1.82, 2.24) is 0 Å². The van der Waals surface area contributed by atoms with Gasteiger partial charge in [-0.2, -0.15) is 0 Å². The van der Waals surface area contributed by atoms with Crippen LogP contribution in [0.15, 0.2) is 84.9 Å². The Morgan fingerprint density at radius 3 is 1.56 bits per heavy atom. The fourth-order valence-electron chi connectivity index (χ4n) is 2.42. The Morgan fingerprint density at radius 2 is 1.08 bits per heavy atom. The van der Waals surface area contributed by atoms with Crippen molar-refractivity contribution in [3.63, 3.8) is 0 Å². The quantitative estimate of drug-likeness (QED) is 0.671. The van der Waals surface area contributed by atoms with Crippen LogP contribution in [0.3, 0.4) is 0 Å². The van der Waals surface area contributed by atoms with Crippen LogP contribution in [0.1, 0.15) is 0 Å². The average molecular weight is 374 g/mol. The molecule has 5 nitrogen and oxygen atoms in total. The Balaban J connectivity index is 2.16. The molecular formula is C18H16O5P2. The van der Waals surface area contributed by atoms with Gasteiger partial charge in [0, 0.05) is 0 Å². The van der Waals surface area contributed by atoms with E-state index in [4.69, 9.17) is 4.52 Å². The van der Waals surface area contributed by atoms with Crippen molar-refractivity contribution in [3.8, 4) is 5.75 Å². The SMILES string of the molecule is O=P(O)(O)c1ccccc1OP(=O)(c1ccccc1)c1ccccc1. The molecule has 2 N–H and O–H groups in total. The molecule has 0 saturated carbocycles. The van der Waals surface area contributed by atoms with Gasteiger partial charge in [0.15, 0.2) is 0 Å². The molecule has 0 saturated heterocycles. The summed E-state index contributed by atoms with van der Waals surface area (Å²) in [5.74, 6) is -0.0909. The van der Waals surface area contributed by atoms with Crippen LogP contribution in [0, 0.1) is 0 Å². The van der Waals surface area contributed by atoms with Gasteiger partial charge in [0.25, 0.3) is 0 Å². The average Bonchev–Trinajstić information content (AvgIpc) is 2.63. The second-order valence-electron chi connectivity index (χ2n) is 5.33. The fourth-order valence-corrected chi connectivity index (χ4v) is 5.25. The Hall–Kier alpha value is -2.16. The van der Waals surface area contributed by atoms with Gasteiger partial charge >= 0.3 is 15.0 Å². The molecule has 3 aromatic carbocycles. The molecule has 128 valence electrons. The lowest BCUT2D eigenvalue weighted by molar-refractivity contribution is 0.386. The third-order valence-corrected chi connectivity index (χ3v) is 7.01. The zero-order valence-electron chi connectivity index (χ0n) is 13.1. The zero-order chi connectivity index (χ0) is 17.9. The van der Waals surface area contributed by atoms with E-state index in [2.05, 4.69) is 0 Å². The summed E-state index contributed by atoms with van der Waals surface area (Å²) in [7, 11) is -8.16. The first-order chi connectivity index (χ1) is 11.9. The lowest BCUT2D eigenvalue weighted by atomic mass is 10.3. The Bertz CT molecular complexity index is 908. The summed E-state index contributed by atoms with van der Waals surface area (Å²) in [5, 5.41) is 0.602. The van der Waals surface area contributed by atoms with E-state index in [-0.39, 0.29) is 11.1 Å². The van der Waals surface area contributed by atoms with Crippen molar-refractivity contribution in [2.45, 2.75) is 0 Å². The Kier molecular flexibility index (Phi) is 4.94. The molecule has 0 atom stereocenters. The molecule has 0 bridgehead atoms. The van der Waals surface area contributed by atoms with Crippen LogP contribution in [0.2, 0.25) is 0 Å². The minimum absolute atomic E-state index is 0.0909. The van der Waals surface area contributed by atoms with E-state index < -0.39 is 15.0 Å². The van der Waals surface area contributed by atoms with Gasteiger partial charge in [-0.25, -0.2) is 0 Å². The Labute approximate surface area is 145 Å². The van der Waals surface area contributed by atoms with Crippen LogP contribution in [0.5, 0.6) is 5.75 Å². The van der Waals surface area contributed by atoms with Crippen molar-refractivity contribution >= 4 is 30.9 Å². The van der Waals surface area contributed by atoms with Crippen molar-refractivity contribution in [2.24, 2.45) is 0 Å². The number of hydrogen-bond donors (Lipinski definition) is 2. The van der Waals surface area contributed by atoms with E-state index in [1.165, 1.54) is 18.2 Å². The van der Waals surface area contributed by atoms with Crippen molar-refractivity contribution in [1.29, 1.82) is 0 Å². The summed E-state index contributed by atoms with van der Waals surface area (Å²) in [4.78, 5) is 19.1. The number of hydrogen-bond acceptors (Lipinski definition) is 3. The van der Waals surface area contributed by atoms with Crippen LogP contribution in [0.25, 0.3) is 0 Å². The van der Waals surface area contributed by atoms with Gasteiger partial charge in [-0.1, -0.05) is 48.5 Å². The maximum absolute atomic E-state index is 13.8. The summed E-state index contributed by atoms with van der Waals surface area (Å²) in [6, 6.07) is 23.0. The van der Waals surface area contributed by atoms with E-state index in [9.17, 15) is 18.9 Å². The molecule has 3 rings (SSSR count). The number of para-hydroxylation sites is 1. The highest BCUT2D eigenvalue weighted by molar-refractivity contribution is 7.74. The van der Waals surface area contributed by atoms with Gasteiger partial charge in [0.2, 0.25) is 0 Å². The summed E-state index contributed by atoms with van der Waals surface area (Å²) < 4.78 is 31.3. The van der Waals surface area contributed by atoms with Crippen molar-refractivity contribution in [2.75, 3.05) is 0 Å². The van der Waals surface area contributed by atoms with Crippen LogP contribution in [0.4, 0.5) is 0 Å². The van der Waals surface area contributed by atoms with Gasteiger partial charge in [-0.15, -0.1) is 0 Å².